The number of carboxylic acids is 1. The number of nitrogens with zero attached hydrogens (tertiary/aromatic N) is 1. The van der Waals surface area contributed by atoms with Crippen LogP contribution in [0.25, 0.3) is 15.3 Å². The summed E-state index contributed by atoms with van der Waals surface area (Å²) >= 11 is 0.710. The largest absolute Gasteiger partial charge is 0.477 e. The molecule has 0 bridgehead atoms. The van der Waals surface area contributed by atoms with E-state index in [1.165, 1.54) is 19.1 Å². The molecule has 0 saturated heterocycles. The summed E-state index contributed by atoms with van der Waals surface area (Å²) in [5.74, 6) is -2.81. The van der Waals surface area contributed by atoms with Crippen LogP contribution in [0.1, 0.15) is 15.2 Å². The van der Waals surface area contributed by atoms with E-state index in [0.29, 0.717) is 16.9 Å². The van der Waals surface area contributed by atoms with Crippen molar-refractivity contribution < 1.29 is 18.7 Å². The monoisotopic (exact) mass is 279 g/mol. The van der Waals surface area contributed by atoms with Gasteiger partial charge in [0.1, 0.15) is 16.5 Å². The van der Waals surface area contributed by atoms with Gasteiger partial charge in [0.25, 0.3) is 0 Å². The first kappa shape index (κ1) is 13.2. The van der Waals surface area contributed by atoms with Crippen LogP contribution >= 0.6 is 11.3 Å². The Kier molecular flexibility index (Phi) is 3.32. The quantitative estimate of drug-likeness (QED) is 0.835. The van der Waals surface area contributed by atoms with E-state index >= 15 is 0 Å². The highest BCUT2D eigenvalue weighted by Crippen LogP contribution is 2.35. The molecule has 0 saturated carbocycles. The molecule has 0 aliphatic rings. The lowest BCUT2D eigenvalue weighted by molar-refractivity contribution is 0.0697. The van der Waals surface area contributed by atoms with Crippen LogP contribution in [-0.4, -0.2) is 11.1 Å². The van der Waals surface area contributed by atoms with Gasteiger partial charge < -0.3 is 5.11 Å². The van der Waals surface area contributed by atoms with Gasteiger partial charge in [-0.3, -0.25) is 0 Å². The van der Waals surface area contributed by atoms with Crippen molar-refractivity contribution in [1.82, 2.24) is 0 Å². The summed E-state index contributed by atoms with van der Waals surface area (Å²) in [5.41, 5.74) is 0.639. The van der Waals surface area contributed by atoms with Gasteiger partial charge in [-0.2, -0.15) is 0 Å². The van der Waals surface area contributed by atoms with Gasteiger partial charge in [0.05, 0.1) is 6.57 Å². The van der Waals surface area contributed by atoms with Gasteiger partial charge in [0.2, 0.25) is 0 Å². The average molecular weight is 279 g/mol. The van der Waals surface area contributed by atoms with Crippen LogP contribution in [0.3, 0.4) is 0 Å². The maximum Gasteiger partial charge on any atom is 0.348 e. The van der Waals surface area contributed by atoms with Crippen molar-refractivity contribution in [2.75, 3.05) is 0 Å². The third-order valence-corrected chi connectivity index (χ3v) is 3.75. The minimum absolute atomic E-state index is 0.126. The van der Waals surface area contributed by atoms with Crippen LogP contribution in [0.15, 0.2) is 18.2 Å². The van der Waals surface area contributed by atoms with Crippen LogP contribution in [0, 0.1) is 25.1 Å². The Morgan fingerprint density at radius 1 is 1.32 bits per heavy atom. The fraction of sp³-hybridized carbons (Fsp3) is 0.0769. The topological polar surface area (TPSA) is 41.7 Å². The van der Waals surface area contributed by atoms with Gasteiger partial charge in [0, 0.05) is 4.88 Å². The fourth-order valence-electron chi connectivity index (χ4n) is 1.58. The number of hydrogen-bond acceptors (Lipinski definition) is 2. The molecule has 0 aliphatic heterocycles. The highest BCUT2D eigenvalue weighted by atomic mass is 32.1. The normalized spacial score (nSPS) is 10.2. The SMILES string of the molecule is [C-]#[N+]c1cc(-c2cc(F)c(C(=O)O)s2)cc(F)c1C. The van der Waals surface area contributed by atoms with Crippen LogP contribution in [0.5, 0.6) is 0 Å². The van der Waals surface area contributed by atoms with Gasteiger partial charge in [-0.05, 0) is 36.2 Å². The van der Waals surface area contributed by atoms with Crippen LogP contribution in [-0.2, 0) is 0 Å². The Morgan fingerprint density at radius 3 is 2.53 bits per heavy atom. The molecule has 2 aromatic rings. The molecule has 1 N–H and O–H groups in total. The maximum absolute atomic E-state index is 13.6. The number of halogens is 2. The van der Waals surface area contributed by atoms with Gasteiger partial charge in [-0.1, -0.05) is 0 Å². The minimum atomic E-state index is -1.37. The Bertz CT molecular complexity index is 716. The van der Waals surface area contributed by atoms with E-state index in [0.717, 1.165) is 6.07 Å². The molecule has 3 nitrogen and oxygen atoms in total. The molecule has 6 heteroatoms. The molecule has 0 atom stereocenters. The number of carbonyl (C=O) groups is 1. The highest BCUT2D eigenvalue weighted by Gasteiger charge is 2.17. The van der Waals surface area contributed by atoms with Gasteiger partial charge >= 0.3 is 5.97 Å². The molecule has 19 heavy (non-hydrogen) atoms. The Morgan fingerprint density at radius 2 is 2.00 bits per heavy atom. The lowest BCUT2D eigenvalue weighted by Gasteiger charge is -2.03. The molecule has 0 aliphatic carbocycles. The molecule has 0 fully saturated rings. The lowest BCUT2D eigenvalue weighted by Crippen LogP contribution is -1.93. The van der Waals surface area contributed by atoms with Crippen molar-refractivity contribution in [2.24, 2.45) is 0 Å². The summed E-state index contributed by atoms with van der Waals surface area (Å²) in [6, 6.07) is 3.62. The predicted molar refractivity (Wildman–Crippen MR) is 67.6 cm³/mol. The molecule has 0 unspecified atom stereocenters. The molecule has 1 aromatic carbocycles. The van der Waals surface area contributed by atoms with E-state index in [1.54, 1.807) is 0 Å². The molecule has 96 valence electrons. The molecule has 2 rings (SSSR count). The van der Waals surface area contributed by atoms with Crippen molar-refractivity contribution in [3.05, 3.63) is 51.7 Å². The van der Waals surface area contributed by atoms with E-state index in [9.17, 15) is 13.6 Å². The number of benzene rings is 1. The van der Waals surface area contributed by atoms with Gasteiger partial charge in [-0.15, -0.1) is 11.3 Å². The molecule has 0 radical (unpaired) electrons. The molecule has 0 amide bonds. The summed E-state index contributed by atoms with van der Waals surface area (Å²) in [4.78, 5) is 13.8. The van der Waals surface area contributed by atoms with E-state index < -0.39 is 22.5 Å². The van der Waals surface area contributed by atoms with Crippen molar-refractivity contribution in [3.63, 3.8) is 0 Å². The van der Waals surface area contributed by atoms with E-state index in [-0.39, 0.29) is 16.1 Å². The van der Waals surface area contributed by atoms with Crippen molar-refractivity contribution >= 4 is 23.0 Å². The molecular formula is C13H7F2NO2S. The number of carboxylic acid groups (broad SMARTS) is 1. The second-order valence-electron chi connectivity index (χ2n) is 3.81. The smallest absolute Gasteiger partial charge is 0.348 e. The van der Waals surface area contributed by atoms with Crippen molar-refractivity contribution in [2.45, 2.75) is 6.92 Å². The zero-order chi connectivity index (χ0) is 14.2. The Hall–Kier alpha value is -2.26. The van der Waals surface area contributed by atoms with Gasteiger partial charge in [-0.25, -0.2) is 18.4 Å². The fourth-order valence-corrected chi connectivity index (χ4v) is 2.44. The summed E-state index contributed by atoms with van der Waals surface area (Å²) in [7, 11) is 0. The van der Waals surface area contributed by atoms with Crippen molar-refractivity contribution in [1.29, 1.82) is 0 Å². The number of rotatable bonds is 2. The van der Waals surface area contributed by atoms with E-state index in [2.05, 4.69) is 4.85 Å². The van der Waals surface area contributed by atoms with Gasteiger partial charge in [0.15, 0.2) is 5.69 Å². The molecule has 0 spiro atoms. The number of hydrogen-bond donors (Lipinski definition) is 1. The first-order valence-corrected chi connectivity index (χ1v) is 5.96. The summed E-state index contributed by atoms with van der Waals surface area (Å²) in [6.45, 7) is 8.43. The first-order valence-electron chi connectivity index (χ1n) is 5.14. The predicted octanol–water partition coefficient (Wildman–Crippen LogP) is 4.25. The Balaban J connectivity index is 2.60. The zero-order valence-electron chi connectivity index (χ0n) is 9.70. The minimum Gasteiger partial charge on any atom is -0.477 e. The average Bonchev–Trinajstić information content (AvgIpc) is 2.74. The molecular weight excluding hydrogens is 272 g/mol. The number of aromatic carboxylic acids is 1. The van der Waals surface area contributed by atoms with Crippen LogP contribution < -0.4 is 0 Å². The standard InChI is InChI=1S/C13H7F2NO2S/c1-6-8(14)3-7(4-10(6)16-2)11-5-9(15)12(19-11)13(17)18/h3-5H,1H3,(H,17,18). The third-order valence-electron chi connectivity index (χ3n) is 2.60. The van der Waals surface area contributed by atoms with E-state index in [1.807, 2.05) is 0 Å². The van der Waals surface area contributed by atoms with Crippen LogP contribution in [0.4, 0.5) is 14.5 Å². The lowest BCUT2D eigenvalue weighted by atomic mass is 10.1. The van der Waals surface area contributed by atoms with Crippen molar-refractivity contribution in [3.8, 4) is 10.4 Å². The molecule has 1 heterocycles. The first-order chi connectivity index (χ1) is 8.93. The second kappa shape index (κ2) is 4.78. The summed E-state index contributed by atoms with van der Waals surface area (Å²) in [6.07, 6.45) is 0. The second-order valence-corrected chi connectivity index (χ2v) is 4.86. The Labute approximate surface area is 111 Å². The zero-order valence-corrected chi connectivity index (χ0v) is 10.5. The van der Waals surface area contributed by atoms with Crippen LogP contribution in [0.2, 0.25) is 0 Å². The molecule has 1 aromatic heterocycles. The third kappa shape index (κ3) is 2.33. The summed E-state index contributed by atoms with van der Waals surface area (Å²) < 4.78 is 27.0. The number of thiophene rings is 1. The maximum atomic E-state index is 13.6. The summed E-state index contributed by atoms with van der Waals surface area (Å²) in [5, 5.41) is 8.77. The highest BCUT2D eigenvalue weighted by molar-refractivity contribution is 7.17. The van der Waals surface area contributed by atoms with E-state index in [4.69, 9.17) is 11.7 Å².